The Balaban J connectivity index is 1.32. The van der Waals surface area contributed by atoms with Gasteiger partial charge in [-0.05, 0) is 49.7 Å². The van der Waals surface area contributed by atoms with E-state index < -0.39 is 5.82 Å². The van der Waals surface area contributed by atoms with Crippen LogP contribution < -0.4 is 15.5 Å². The van der Waals surface area contributed by atoms with Crippen molar-refractivity contribution in [3.05, 3.63) is 83.3 Å². The predicted octanol–water partition coefficient (Wildman–Crippen LogP) is 3.86. The van der Waals surface area contributed by atoms with E-state index in [-0.39, 0.29) is 11.9 Å². The second kappa shape index (κ2) is 9.14. The first kappa shape index (κ1) is 20.8. The van der Waals surface area contributed by atoms with Gasteiger partial charge in [0.25, 0.3) is 5.91 Å². The van der Waals surface area contributed by atoms with Gasteiger partial charge in [0.2, 0.25) is 0 Å². The van der Waals surface area contributed by atoms with Gasteiger partial charge in [-0.3, -0.25) is 4.79 Å². The molecule has 2 aromatic carbocycles. The molecule has 1 aromatic heterocycles. The van der Waals surface area contributed by atoms with Crippen LogP contribution in [0, 0.1) is 12.7 Å². The maximum Gasteiger partial charge on any atom is 0.257 e. The fraction of sp³-hybridized carbons (Fsp3) is 0.250. The number of anilines is 2. The minimum Gasteiger partial charge on any atom is -0.508 e. The minimum absolute atomic E-state index is 0.290. The van der Waals surface area contributed by atoms with Gasteiger partial charge >= 0.3 is 0 Å². The average molecular weight is 420 g/mol. The average Bonchev–Trinajstić information content (AvgIpc) is 3.23. The first-order valence-electron chi connectivity index (χ1n) is 10.3. The van der Waals surface area contributed by atoms with E-state index >= 15 is 0 Å². The number of hydrogen-bond acceptors (Lipinski definition) is 5. The number of aryl methyl sites for hydroxylation is 1. The molecule has 7 heteroatoms. The molecule has 160 valence electrons. The topological polar surface area (TPSA) is 77.5 Å². The smallest absolute Gasteiger partial charge is 0.257 e. The van der Waals surface area contributed by atoms with Crippen molar-refractivity contribution in [3.63, 3.8) is 0 Å². The van der Waals surface area contributed by atoms with Gasteiger partial charge in [0.05, 0.1) is 5.56 Å². The van der Waals surface area contributed by atoms with Crippen LogP contribution in [0.5, 0.6) is 5.75 Å². The Hall–Kier alpha value is -3.45. The molecule has 6 nitrogen and oxygen atoms in total. The third-order valence-corrected chi connectivity index (χ3v) is 5.42. The lowest BCUT2D eigenvalue weighted by molar-refractivity contribution is 0.102. The summed E-state index contributed by atoms with van der Waals surface area (Å²) in [4.78, 5) is 19.0. The molecule has 0 bridgehead atoms. The summed E-state index contributed by atoms with van der Waals surface area (Å²) < 4.78 is 13.3. The number of benzene rings is 2. The van der Waals surface area contributed by atoms with Gasteiger partial charge in [0.1, 0.15) is 17.4 Å². The standard InChI is InChI=1S/C24H25FN4O2/c1-16-5-7-22(30)18(11-16)14-26-21-9-10-29(15-21)23-8-6-17(13-27-23)24(31)28-20-4-2-3-19(25)12-20/h2-8,11-13,21,26,30H,9-10,14-15H2,1H3,(H,28,31)/t21-/m1/s1. The van der Waals surface area contributed by atoms with Gasteiger partial charge in [0.15, 0.2) is 0 Å². The molecule has 2 heterocycles. The molecule has 4 rings (SSSR count). The lowest BCUT2D eigenvalue weighted by Crippen LogP contribution is -2.32. The summed E-state index contributed by atoms with van der Waals surface area (Å²) in [6.45, 7) is 4.28. The van der Waals surface area contributed by atoms with Gasteiger partial charge in [0, 0.05) is 43.1 Å². The number of nitrogens with one attached hydrogen (secondary N) is 2. The van der Waals surface area contributed by atoms with Crippen LogP contribution in [0.3, 0.4) is 0 Å². The van der Waals surface area contributed by atoms with E-state index in [9.17, 15) is 14.3 Å². The van der Waals surface area contributed by atoms with Gasteiger partial charge in [-0.25, -0.2) is 9.37 Å². The third-order valence-electron chi connectivity index (χ3n) is 5.42. The number of aromatic hydroxyl groups is 1. The second-order valence-corrected chi connectivity index (χ2v) is 7.81. The molecular weight excluding hydrogens is 395 g/mol. The van der Waals surface area contributed by atoms with Gasteiger partial charge in [-0.2, -0.15) is 0 Å². The lowest BCUT2D eigenvalue weighted by atomic mass is 10.1. The highest BCUT2D eigenvalue weighted by Gasteiger charge is 2.23. The van der Waals surface area contributed by atoms with Gasteiger partial charge < -0.3 is 20.6 Å². The highest BCUT2D eigenvalue weighted by molar-refractivity contribution is 6.04. The van der Waals surface area contributed by atoms with Gasteiger partial charge in [-0.1, -0.05) is 23.8 Å². The van der Waals surface area contributed by atoms with Gasteiger partial charge in [-0.15, -0.1) is 0 Å². The van der Waals surface area contributed by atoms with Crippen LogP contribution in [0.15, 0.2) is 60.8 Å². The molecule has 31 heavy (non-hydrogen) atoms. The molecule has 1 atom stereocenters. The number of phenolic OH excluding ortho intramolecular Hbond substituents is 1. The van der Waals surface area contributed by atoms with Crippen molar-refractivity contribution in [1.82, 2.24) is 10.3 Å². The Kier molecular flexibility index (Phi) is 6.13. The largest absolute Gasteiger partial charge is 0.508 e. The monoisotopic (exact) mass is 420 g/mol. The van der Waals surface area contributed by atoms with E-state index in [1.54, 1.807) is 24.3 Å². The third kappa shape index (κ3) is 5.19. The van der Waals surface area contributed by atoms with E-state index in [1.807, 2.05) is 25.1 Å². The van der Waals surface area contributed by atoms with Crippen LogP contribution in [0.25, 0.3) is 0 Å². The summed E-state index contributed by atoms with van der Waals surface area (Å²) in [5.74, 6) is 0.386. The van der Waals surface area contributed by atoms with Crippen molar-refractivity contribution < 1.29 is 14.3 Å². The van der Waals surface area contributed by atoms with Crippen LogP contribution in [-0.2, 0) is 6.54 Å². The quantitative estimate of drug-likeness (QED) is 0.565. The fourth-order valence-corrected chi connectivity index (χ4v) is 3.72. The number of phenols is 1. The summed E-state index contributed by atoms with van der Waals surface area (Å²) in [7, 11) is 0. The molecule has 0 aliphatic carbocycles. The summed E-state index contributed by atoms with van der Waals surface area (Å²) in [6.07, 6.45) is 2.51. The van der Waals surface area contributed by atoms with Crippen LogP contribution in [-0.4, -0.2) is 35.1 Å². The van der Waals surface area contributed by atoms with Crippen LogP contribution >= 0.6 is 0 Å². The van der Waals surface area contributed by atoms with E-state index in [0.29, 0.717) is 23.5 Å². The molecule has 1 aliphatic heterocycles. The maximum atomic E-state index is 13.3. The molecule has 1 saturated heterocycles. The number of amides is 1. The maximum absolute atomic E-state index is 13.3. The van der Waals surface area contributed by atoms with Crippen LogP contribution in [0.4, 0.5) is 15.9 Å². The van der Waals surface area contributed by atoms with Crippen molar-refractivity contribution >= 4 is 17.4 Å². The highest BCUT2D eigenvalue weighted by atomic mass is 19.1. The molecule has 3 N–H and O–H groups in total. The van der Waals surface area contributed by atoms with E-state index in [1.165, 1.54) is 18.3 Å². The van der Waals surface area contributed by atoms with Crippen molar-refractivity contribution in [1.29, 1.82) is 0 Å². The molecule has 0 saturated carbocycles. The first-order chi connectivity index (χ1) is 15.0. The molecule has 0 radical (unpaired) electrons. The Morgan fingerprint density at radius 3 is 2.87 bits per heavy atom. The fourth-order valence-electron chi connectivity index (χ4n) is 3.72. The molecule has 3 aromatic rings. The molecular formula is C24H25FN4O2. The molecule has 0 unspecified atom stereocenters. The normalized spacial score (nSPS) is 15.8. The summed E-state index contributed by atoms with van der Waals surface area (Å²) in [5, 5.41) is 16.2. The Labute approximate surface area is 180 Å². The van der Waals surface area contributed by atoms with Crippen molar-refractivity contribution in [3.8, 4) is 5.75 Å². The Morgan fingerprint density at radius 1 is 1.23 bits per heavy atom. The summed E-state index contributed by atoms with van der Waals surface area (Å²) in [5.41, 5.74) is 2.83. The van der Waals surface area contributed by atoms with Crippen LogP contribution in [0.1, 0.15) is 27.9 Å². The highest BCUT2D eigenvalue weighted by Crippen LogP contribution is 2.21. The zero-order valence-electron chi connectivity index (χ0n) is 17.3. The number of hydrogen-bond donors (Lipinski definition) is 3. The van der Waals surface area contributed by atoms with Crippen molar-refractivity contribution in [2.45, 2.75) is 25.9 Å². The minimum atomic E-state index is -0.402. The SMILES string of the molecule is Cc1ccc(O)c(CN[C@@H]2CCN(c3ccc(C(=O)Nc4cccc(F)c4)cn3)C2)c1. The number of rotatable bonds is 6. The number of halogens is 1. The molecule has 1 amide bonds. The van der Waals surface area contributed by atoms with Crippen molar-refractivity contribution in [2.24, 2.45) is 0 Å². The number of carbonyl (C=O) groups excluding carboxylic acids is 1. The lowest BCUT2D eigenvalue weighted by Gasteiger charge is -2.18. The zero-order valence-corrected chi connectivity index (χ0v) is 17.3. The summed E-state index contributed by atoms with van der Waals surface area (Å²) >= 11 is 0. The predicted molar refractivity (Wildman–Crippen MR) is 119 cm³/mol. The number of aromatic nitrogens is 1. The Bertz CT molecular complexity index is 1070. The molecule has 1 fully saturated rings. The number of pyridine rings is 1. The van der Waals surface area contributed by atoms with Crippen molar-refractivity contribution in [2.75, 3.05) is 23.3 Å². The number of carbonyl (C=O) groups is 1. The first-order valence-corrected chi connectivity index (χ1v) is 10.3. The zero-order chi connectivity index (χ0) is 21.8. The van der Waals surface area contributed by atoms with Crippen LogP contribution in [0.2, 0.25) is 0 Å². The van der Waals surface area contributed by atoms with E-state index in [2.05, 4.69) is 20.5 Å². The van der Waals surface area contributed by atoms with E-state index in [0.717, 1.165) is 36.5 Å². The molecule has 1 aliphatic rings. The Morgan fingerprint density at radius 2 is 2.10 bits per heavy atom. The molecule has 0 spiro atoms. The summed E-state index contributed by atoms with van der Waals surface area (Å²) in [6, 6.07) is 15.2. The second-order valence-electron chi connectivity index (χ2n) is 7.81. The van der Waals surface area contributed by atoms with E-state index in [4.69, 9.17) is 0 Å². The number of nitrogens with zero attached hydrogens (tertiary/aromatic N) is 2.